The minimum absolute atomic E-state index is 0.0593. The van der Waals surface area contributed by atoms with Crippen molar-refractivity contribution in [2.24, 2.45) is 0 Å². The molecule has 0 fully saturated rings. The van der Waals surface area contributed by atoms with Gasteiger partial charge in [0.15, 0.2) is 5.82 Å². The molecule has 3 heterocycles. The van der Waals surface area contributed by atoms with Crippen LogP contribution in [0.5, 0.6) is 0 Å². The van der Waals surface area contributed by atoms with Gasteiger partial charge in [0.05, 0.1) is 16.3 Å². The lowest BCUT2D eigenvalue weighted by Crippen LogP contribution is -2.46. The minimum Gasteiger partial charge on any atom is -0.327 e. The molecule has 2 aromatic rings. The molecule has 7 nitrogen and oxygen atoms in total. The Morgan fingerprint density at radius 1 is 1.28 bits per heavy atom. The Bertz CT molecular complexity index is 1030. The summed E-state index contributed by atoms with van der Waals surface area (Å²) in [6, 6.07) is 3.38. The monoisotopic (exact) mass is 424 g/mol. The first-order chi connectivity index (χ1) is 13.8. The highest BCUT2D eigenvalue weighted by Gasteiger charge is 2.37. The standard InChI is InChI=1S/C18H16ClF3N6O/c1-10-8-28-15(13-6-3-7-23-24-13)25-26-16(28)17(29)27(10)9-11-4-2-5-12(14(11)19)18(20,21)22/h2-7,10,23-24H,8-9H2,1H3/t10-/m0/s1. The summed E-state index contributed by atoms with van der Waals surface area (Å²) in [5, 5.41) is 7.69. The molecule has 2 N–H and O–H groups in total. The van der Waals surface area contributed by atoms with Gasteiger partial charge in [-0.1, -0.05) is 23.7 Å². The first-order valence-corrected chi connectivity index (χ1v) is 9.12. The molecule has 1 aromatic heterocycles. The highest BCUT2D eigenvalue weighted by Crippen LogP contribution is 2.37. The highest BCUT2D eigenvalue weighted by atomic mass is 35.5. The van der Waals surface area contributed by atoms with E-state index < -0.39 is 22.7 Å². The smallest absolute Gasteiger partial charge is 0.327 e. The predicted molar refractivity (Wildman–Crippen MR) is 99.2 cm³/mol. The number of benzene rings is 1. The quantitative estimate of drug-likeness (QED) is 0.792. The van der Waals surface area contributed by atoms with Gasteiger partial charge in [-0.05, 0) is 30.7 Å². The SMILES string of the molecule is C[C@H]1Cn2c(nnc2C2=CC=CNN2)C(=O)N1Cc1cccc(C(F)(F)F)c1Cl. The van der Waals surface area contributed by atoms with E-state index in [2.05, 4.69) is 21.0 Å². The number of hydrazine groups is 1. The average molecular weight is 425 g/mol. The summed E-state index contributed by atoms with van der Waals surface area (Å²) in [5.41, 5.74) is 5.72. The number of amides is 1. The minimum atomic E-state index is -4.57. The van der Waals surface area contributed by atoms with Crippen LogP contribution in [0.2, 0.25) is 5.02 Å². The third-order valence-electron chi connectivity index (χ3n) is 4.80. The first-order valence-electron chi connectivity index (χ1n) is 8.75. The van der Waals surface area contributed by atoms with Crippen LogP contribution in [-0.4, -0.2) is 31.6 Å². The number of nitrogens with zero attached hydrogens (tertiary/aromatic N) is 4. The molecule has 0 saturated heterocycles. The molecule has 2 aliphatic heterocycles. The molecule has 0 spiro atoms. The molecule has 0 bridgehead atoms. The molecular formula is C18H16ClF3N6O. The van der Waals surface area contributed by atoms with E-state index in [9.17, 15) is 18.0 Å². The van der Waals surface area contributed by atoms with E-state index >= 15 is 0 Å². The van der Waals surface area contributed by atoms with Crippen LogP contribution < -0.4 is 10.9 Å². The fourth-order valence-electron chi connectivity index (χ4n) is 3.34. The number of fused-ring (bicyclic) bond motifs is 1. The number of alkyl halides is 3. The Morgan fingerprint density at radius 3 is 2.72 bits per heavy atom. The van der Waals surface area contributed by atoms with Crippen molar-refractivity contribution in [3.05, 3.63) is 64.3 Å². The number of aromatic nitrogens is 3. The van der Waals surface area contributed by atoms with Crippen molar-refractivity contribution in [2.45, 2.75) is 32.2 Å². The van der Waals surface area contributed by atoms with Crippen LogP contribution in [0.15, 0.2) is 36.6 Å². The molecule has 2 aliphatic rings. The van der Waals surface area contributed by atoms with E-state index in [-0.39, 0.29) is 24.0 Å². The zero-order valence-corrected chi connectivity index (χ0v) is 15.9. The van der Waals surface area contributed by atoms with Gasteiger partial charge in [-0.3, -0.25) is 14.8 Å². The fraction of sp³-hybridized carbons (Fsp3) is 0.278. The second-order valence-electron chi connectivity index (χ2n) is 6.73. The van der Waals surface area contributed by atoms with Gasteiger partial charge in [-0.25, -0.2) is 0 Å². The number of allylic oxidation sites excluding steroid dienone is 2. The second kappa shape index (κ2) is 7.11. The highest BCUT2D eigenvalue weighted by molar-refractivity contribution is 6.32. The Morgan fingerprint density at radius 2 is 2.03 bits per heavy atom. The number of carbonyl (C=O) groups is 1. The summed E-state index contributed by atoms with van der Waals surface area (Å²) in [6.45, 7) is 2.14. The molecule has 0 aliphatic carbocycles. The predicted octanol–water partition coefficient (Wildman–Crippen LogP) is 2.96. The zero-order valence-electron chi connectivity index (χ0n) is 15.2. The van der Waals surface area contributed by atoms with Crippen molar-refractivity contribution < 1.29 is 18.0 Å². The molecule has 29 heavy (non-hydrogen) atoms. The Labute approximate surface area is 168 Å². The van der Waals surface area contributed by atoms with Gasteiger partial charge in [0, 0.05) is 25.3 Å². The number of nitrogens with one attached hydrogen (secondary N) is 2. The maximum atomic E-state index is 13.1. The van der Waals surface area contributed by atoms with Gasteiger partial charge in [-0.2, -0.15) is 13.2 Å². The normalized spacial score (nSPS) is 18.8. The average Bonchev–Trinajstić information content (AvgIpc) is 3.10. The number of hydrogen-bond acceptors (Lipinski definition) is 5. The van der Waals surface area contributed by atoms with Crippen LogP contribution >= 0.6 is 11.6 Å². The lowest BCUT2D eigenvalue weighted by molar-refractivity contribution is -0.137. The lowest BCUT2D eigenvalue weighted by Gasteiger charge is -2.34. The topological polar surface area (TPSA) is 75.1 Å². The third kappa shape index (κ3) is 3.44. The van der Waals surface area contributed by atoms with Gasteiger partial charge >= 0.3 is 6.18 Å². The number of hydrogen-bond donors (Lipinski definition) is 2. The molecule has 1 atom stereocenters. The maximum absolute atomic E-state index is 13.1. The molecule has 1 amide bonds. The molecule has 0 saturated carbocycles. The Hall–Kier alpha value is -3.01. The van der Waals surface area contributed by atoms with Gasteiger partial charge in [0.2, 0.25) is 5.82 Å². The Kier molecular flexibility index (Phi) is 4.73. The maximum Gasteiger partial charge on any atom is 0.417 e. The van der Waals surface area contributed by atoms with Crippen LogP contribution in [-0.2, 0) is 19.3 Å². The van der Waals surface area contributed by atoms with E-state index in [0.717, 1.165) is 6.07 Å². The molecule has 11 heteroatoms. The van der Waals surface area contributed by atoms with Crippen molar-refractivity contribution >= 4 is 23.2 Å². The summed E-state index contributed by atoms with van der Waals surface area (Å²) >= 11 is 5.99. The van der Waals surface area contributed by atoms with E-state index in [1.165, 1.54) is 17.0 Å². The summed E-state index contributed by atoms with van der Waals surface area (Å²) in [6.07, 6.45) is 0.704. The summed E-state index contributed by atoms with van der Waals surface area (Å²) in [7, 11) is 0. The van der Waals surface area contributed by atoms with Crippen LogP contribution in [0.3, 0.4) is 0 Å². The van der Waals surface area contributed by atoms with Crippen molar-refractivity contribution in [2.75, 3.05) is 0 Å². The van der Waals surface area contributed by atoms with E-state index in [0.29, 0.717) is 18.1 Å². The first kappa shape index (κ1) is 19.3. The summed E-state index contributed by atoms with van der Waals surface area (Å²) < 4.78 is 41.1. The van der Waals surface area contributed by atoms with Crippen LogP contribution in [0.25, 0.3) is 5.70 Å². The van der Waals surface area contributed by atoms with Crippen molar-refractivity contribution in [3.8, 4) is 0 Å². The summed E-state index contributed by atoms with van der Waals surface area (Å²) in [5.74, 6) is 0.197. The fourth-order valence-corrected chi connectivity index (χ4v) is 3.63. The second-order valence-corrected chi connectivity index (χ2v) is 7.10. The van der Waals surface area contributed by atoms with Gasteiger partial charge in [0.25, 0.3) is 5.91 Å². The van der Waals surface area contributed by atoms with E-state index in [4.69, 9.17) is 11.6 Å². The number of rotatable bonds is 3. The third-order valence-corrected chi connectivity index (χ3v) is 5.24. The van der Waals surface area contributed by atoms with Crippen molar-refractivity contribution in [1.82, 2.24) is 30.5 Å². The summed E-state index contributed by atoms with van der Waals surface area (Å²) in [4.78, 5) is 14.4. The van der Waals surface area contributed by atoms with Gasteiger partial charge in [-0.15, -0.1) is 10.2 Å². The van der Waals surface area contributed by atoms with E-state index in [1.807, 2.05) is 6.92 Å². The molecule has 152 valence electrons. The van der Waals surface area contributed by atoms with Gasteiger partial charge in [0.1, 0.15) is 0 Å². The molecule has 0 unspecified atom stereocenters. The van der Waals surface area contributed by atoms with Crippen LogP contribution in [0.1, 0.15) is 34.5 Å². The molecule has 0 radical (unpaired) electrons. The largest absolute Gasteiger partial charge is 0.417 e. The molecular weight excluding hydrogens is 409 g/mol. The number of halogens is 4. The Balaban J connectivity index is 1.64. The van der Waals surface area contributed by atoms with Gasteiger partial charge < -0.3 is 10.3 Å². The van der Waals surface area contributed by atoms with Crippen molar-refractivity contribution in [3.63, 3.8) is 0 Å². The molecule has 4 rings (SSSR count). The molecule has 1 aromatic carbocycles. The van der Waals surface area contributed by atoms with Crippen LogP contribution in [0, 0.1) is 0 Å². The van der Waals surface area contributed by atoms with Crippen molar-refractivity contribution in [1.29, 1.82) is 0 Å². The van der Waals surface area contributed by atoms with E-state index in [1.54, 1.807) is 22.9 Å². The number of carbonyl (C=O) groups excluding carboxylic acids is 1. The lowest BCUT2D eigenvalue weighted by atomic mass is 10.1. The zero-order chi connectivity index (χ0) is 20.8. The van der Waals surface area contributed by atoms with Crippen LogP contribution in [0.4, 0.5) is 13.2 Å².